The third-order valence-electron chi connectivity index (χ3n) is 6.18. The number of aryl methyl sites for hydroxylation is 3. The summed E-state index contributed by atoms with van der Waals surface area (Å²) in [5, 5.41) is 25.2. The van der Waals surface area contributed by atoms with E-state index in [2.05, 4.69) is 19.4 Å². The van der Waals surface area contributed by atoms with E-state index in [1.54, 1.807) is 29.6 Å². The largest absolute Gasteiger partial charge is 0.477 e. The second-order valence-electron chi connectivity index (χ2n) is 8.66. The minimum atomic E-state index is -1.54. The minimum Gasteiger partial charge on any atom is -0.477 e. The molecule has 0 bridgehead atoms. The van der Waals surface area contributed by atoms with Gasteiger partial charge in [0.05, 0.1) is 30.6 Å². The van der Waals surface area contributed by atoms with Crippen molar-refractivity contribution in [2.45, 2.75) is 25.9 Å². The number of ketones is 1. The fourth-order valence-corrected chi connectivity index (χ4v) is 4.69. The molecule has 0 aliphatic carbocycles. The predicted octanol–water partition coefficient (Wildman–Crippen LogP) is 0.649. The van der Waals surface area contributed by atoms with Crippen molar-refractivity contribution in [3.8, 4) is 5.13 Å². The maximum absolute atomic E-state index is 12.9. The molecule has 13 heteroatoms. The van der Waals surface area contributed by atoms with Crippen molar-refractivity contribution < 1.29 is 19.8 Å². The number of carbonyl (C=O) groups is 2. The number of aromatic nitrogens is 6. The number of carboxylic acid groups (broad SMARTS) is 1. The van der Waals surface area contributed by atoms with Gasteiger partial charge in [-0.3, -0.25) is 18.8 Å². The van der Waals surface area contributed by atoms with Gasteiger partial charge in [0, 0.05) is 30.5 Å². The third-order valence-corrected chi connectivity index (χ3v) is 6.85. The molecule has 4 aromatic heterocycles. The molecule has 0 aromatic carbocycles. The molecule has 4 aromatic rings. The Balaban J connectivity index is 1.49. The van der Waals surface area contributed by atoms with Gasteiger partial charge in [-0.05, 0) is 31.5 Å². The number of anilines is 1. The summed E-state index contributed by atoms with van der Waals surface area (Å²) in [5.41, 5.74) is -0.346. The molecule has 1 aliphatic rings. The van der Waals surface area contributed by atoms with Crippen LogP contribution in [0.25, 0.3) is 16.2 Å². The Morgan fingerprint density at radius 3 is 2.57 bits per heavy atom. The van der Waals surface area contributed by atoms with Gasteiger partial charge < -0.3 is 15.1 Å². The van der Waals surface area contributed by atoms with Gasteiger partial charge in [0.2, 0.25) is 10.6 Å². The highest BCUT2D eigenvalue weighted by Crippen LogP contribution is 2.31. The van der Waals surface area contributed by atoms with Gasteiger partial charge in [-0.15, -0.1) is 0 Å². The molecule has 1 saturated heterocycles. The number of aromatic carboxylic acids is 1. The Labute approximate surface area is 202 Å². The van der Waals surface area contributed by atoms with E-state index in [4.69, 9.17) is 0 Å². The molecular formula is C22H21N7O5S. The van der Waals surface area contributed by atoms with Crippen molar-refractivity contribution in [1.82, 2.24) is 28.7 Å². The Bertz CT molecular complexity index is 1530. The normalized spacial score (nSPS) is 14.8. The zero-order valence-corrected chi connectivity index (χ0v) is 19.9. The number of β-amino-alcohol motifs (C(OH)–C–C–N with tert-alkyl or cyclic N) is 1. The number of carbonyl (C=O) groups excluding carboxylic acids is 1. The van der Waals surface area contributed by atoms with Crippen LogP contribution in [0.5, 0.6) is 0 Å². The van der Waals surface area contributed by atoms with Crippen LogP contribution in [0.1, 0.15) is 27.3 Å². The zero-order chi connectivity index (χ0) is 25.1. The number of rotatable bonds is 6. The van der Waals surface area contributed by atoms with Gasteiger partial charge in [0.15, 0.2) is 17.0 Å². The number of pyridine rings is 2. The molecule has 0 radical (unpaired) electrons. The highest BCUT2D eigenvalue weighted by molar-refractivity contribution is 7.08. The summed E-state index contributed by atoms with van der Waals surface area (Å²) in [6.07, 6.45) is 2.53. The fourth-order valence-electron chi connectivity index (χ4n) is 4.18. The first-order valence-electron chi connectivity index (χ1n) is 10.6. The summed E-state index contributed by atoms with van der Waals surface area (Å²) >= 11 is 1.03. The summed E-state index contributed by atoms with van der Waals surface area (Å²) in [6, 6.07) is 3.45. The first-order valence-corrected chi connectivity index (χ1v) is 11.4. The molecule has 0 spiro atoms. The Morgan fingerprint density at radius 1 is 1.23 bits per heavy atom. The molecule has 2 N–H and O–H groups in total. The van der Waals surface area contributed by atoms with E-state index in [0.29, 0.717) is 22.2 Å². The van der Waals surface area contributed by atoms with Crippen molar-refractivity contribution in [2.24, 2.45) is 7.05 Å². The van der Waals surface area contributed by atoms with Crippen LogP contribution in [0.3, 0.4) is 0 Å². The molecule has 180 valence electrons. The first-order chi connectivity index (χ1) is 16.6. The molecular weight excluding hydrogens is 474 g/mol. The molecule has 1 fully saturated rings. The summed E-state index contributed by atoms with van der Waals surface area (Å²) in [4.78, 5) is 47.8. The van der Waals surface area contributed by atoms with Crippen LogP contribution >= 0.6 is 11.5 Å². The summed E-state index contributed by atoms with van der Waals surface area (Å²) in [5.74, 6) is -1.24. The van der Waals surface area contributed by atoms with Crippen molar-refractivity contribution in [3.63, 3.8) is 0 Å². The highest BCUT2D eigenvalue weighted by atomic mass is 32.1. The molecule has 0 amide bonds. The molecule has 0 saturated carbocycles. The quantitative estimate of drug-likeness (QED) is 0.389. The Morgan fingerprint density at radius 2 is 1.97 bits per heavy atom. The van der Waals surface area contributed by atoms with Gasteiger partial charge in [-0.1, -0.05) is 0 Å². The number of Topliss-reactive ketones (excluding diaryl/α,β-unsaturated/α-hetero) is 1. The number of carboxylic acids is 1. The third kappa shape index (κ3) is 3.78. The predicted molar refractivity (Wildman–Crippen MR) is 126 cm³/mol. The van der Waals surface area contributed by atoms with E-state index in [0.717, 1.165) is 17.2 Å². The van der Waals surface area contributed by atoms with Crippen LogP contribution in [0.4, 0.5) is 5.82 Å². The van der Waals surface area contributed by atoms with Gasteiger partial charge in [0.25, 0.3) is 0 Å². The molecule has 5 heterocycles. The fraction of sp³-hybridized carbons (Fsp3) is 0.318. The average Bonchev–Trinajstić information content (AvgIpc) is 3.41. The molecule has 0 unspecified atom stereocenters. The van der Waals surface area contributed by atoms with Crippen LogP contribution in [0, 0.1) is 13.8 Å². The maximum atomic E-state index is 12.9. The van der Waals surface area contributed by atoms with E-state index >= 15 is 0 Å². The van der Waals surface area contributed by atoms with Crippen LogP contribution in [-0.2, 0) is 18.3 Å². The molecule has 0 atom stereocenters. The van der Waals surface area contributed by atoms with E-state index in [-0.39, 0.29) is 36.3 Å². The van der Waals surface area contributed by atoms with Gasteiger partial charge >= 0.3 is 5.97 Å². The second-order valence-corrected chi connectivity index (χ2v) is 9.41. The van der Waals surface area contributed by atoms with Crippen molar-refractivity contribution in [2.75, 3.05) is 18.0 Å². The zero-order valence-electron chi connectivity index (χ0n) is 19.1. The lowest BCUT2D eigenvalue weighted by atomic mass is 9.87. The number of nitrogens with zero attached hydrogens (tertiary/aromatic N) is 7. The number of hydrogen-bond acceptors (Lipinski definition) is 10. The molecule has 35 heavy (non-hydrogen) atoms. The standard InChI is InChI=1S/C22H21N7O5S/c1-11-4-16(28-8-22(34,9-28)15(30)6-13-5-12(2)27(3)26-13)25-19-17(11)18(31)14(20(32)33)7-29(19)21-23-10-24-35-21/h4-5,7,10,34H,6,8-9H2,1-3H3,(H,32,33). The van der Waals surface area contributed by atoms with Crippen molar-refractivity contribution in [3.05, 3.63) is 57.4 Å². The lowest BCUT2D eigenvalue weighted by molar-refractivity contribution is -0.139. The van der Waals surface area contributed by atoms with Gasteiger partial charge in [0.1, 0.15) is 17.7 Å². The monoisotopic (exact) mass is 495 g/mol. The van der Waals surface area contributed by atoms with Crippen LogP contribution in [0.2, 0.25) is 0 Å². The summed E-state index contributed by atoms with van der Waals surface area (Å²) in [7, 11) is 1.79. The number of fused-ring (bicyclic) bond motifs is 1. The first kappa shape index (κ1) is 22.8. The second kappa shape index (κ2) is 8.06. The molecule has 5 rings (SSSR count). The molecule has 1 aliphatic heterocycles. The highest BCUT2D eigenvalue weighted by Gasteiger charge is 2.48. The van der Waals surface area contributed by atoms with Crippen molar-refractivity contribution in [1.29, 1.82) is 0 Å². The lowest BCUT2D eigenvalue weighted by Gasteiger charge is -2.46. The van der Waals surface area contributed by atoms with Gasteiger partial charge in [-0.25, -0.2) is 14.8 Å². The number of hydrogen-bond donors (Lipinski definition) is 2. The van der Waals surface area contributed by atoms with Crippen LogP contribution in [-0.4, -0.2) is 69.3 Å². The van der Waals surface area contributed by atoms with E-state index in [1.807, 2.05) is 13.0 Å². The minimum absolute atomic E-state index is 0.0186. The van der Waals surface area contributed by atoms with E-state index in [9.17, 15) is 24.6 Å². The lowest BCUT2D eigenvalue weighted by Crippen LogP contribution is -2.67. The Kier molecular flexibility index (Phi) is 5.25. The smallest absolute Gasteiger partial charge is 0.341 e. The van der Waals surface area contributed by atoms with Crippen LogP contribution in [0.15, 0.2) is 29.5 Å². The summed E-state index contributed by atoms with van der Waals surface area (Å²) in [6.45, 7) is 3.64. The average molecular weight is 496 g/mol. The van der Waals surface area contributed by atoms with Gasteiger partial charge in [-0.2, -0.15) is 9.47 Å². The van der Waals surface area contributed by atoms with E-state index < -0.39 is 22.6 Å². The number of aliphatic hydroxyl groups is 1. The topological polar surface area (TPSA) is 156 Å². The maximum Gasteiger partial charge on any atom is 0.341 e. The van der Waals surface area contributed by atoms with E-state index in [1.165, 1.54) is 17.1 Å². The SMILES string of the molecule is Cc1cc(N2CC(O)(C(=O)Cc3cc(C)n(C)n3)C2)nc2c1c(=O)c(C(=O)O)cn2-c1ncns1. The van der Waals surface area contributed by atoms with Crippen LogP contribution < -0.4 is 10.3 Å². The summed E-state index contributed by atoms with van der Waals surface area (Å²) < 4.78 is 7.06. The Hall–Kier alpha value is -3.97. The van der Waals surface area contributed by atoms with Crippen molar-refractivity contribution >= 4 is 40.1 Å². The molecule has 12 nitrogen and oxygen atoms in total.